The fraction of sp³-hybridized carbons (Fsp3) is 0.308. The quantitative estimate of drug-likeness (QED) is 0.877. The lowest BCUT2D eigenvalue weighted by Gasteiger charge is -2.09. The Kier molecular flexibility index (Phi) is 3.44. The van der Waals surface area contributed by atoms with Gasteiger partial charge in [0, 0.05) is 7.05 Å². The monoisotopic (exact) mass is 232 g/mol. The lowest BCUT2D eigenvalue weighted by atomic mass is 10.1. The predicted octanol–water partition coefficient (Wildman–Crippen LogP) is 2.05. The molecule has 0 fully saturated rings. The lowest BCUT2D eigenvalue weighted by molar-refractivity contribution is 0.198. The molecule has 0 amide bonds. The van der Waals surface area contributed by atoms with E-state index in [1.165, 1.54) is 0 Å². The molecule has 2 rings (SSSR count). The number of hydrogen-bond acceptors (Lipinski definition) is 3. The first-order chi connectivity index (χ1) is 8.16. The largest absolute Gasteiger partial charge is 0.487 e. The molecular weight excluding hydrogens is 216 g/mol. The summed E-state index contributed by atoms with van der Waals surface area (Å²) in [6, 6.07) is 7.48. The molecule has 0 bridgehead atoms. The zero-order valence-corrected chi connectivity index (χ0v) is 10.00. The van der Waals surface area contributed by atoms with Crippen LogP contribution in [0, 0.1) is 0 Å². The fourth-order valence-electron chi connectivity index (χ4n) is 1.55. The normalized spacial score (nSPS) is 12.4. The average molecular weight is 232 g/mol. The van der Waals surface area contributed by atoms with Gasteiger partial charge in [-0.25, -0.2) is 4.98 Å². The first kappa shape index (κ1) is 11.7. The molecule has 0 spiro atoms. The number of ether oxygens (including phenoxy) is 1. The predicted molar refractivity (Wildman–Crippen MR) is 64.6 cm³/mol. The number of aliphatic hydroxyl groups is 1. The van der Waals surface area contributed by atoms with Gasteiger partial charge in [-0.2, -0.15) is 0 Å². The minimum absolute atomic E-state index is 0.472. The summed E-state index contributed by atoms with van der Waals surface area (Å²) in [5, 5.41) is 9.47. The number of rotatable bonds is 4. The zero-order chi connectivity index (χ0) is 12.3. The van der Waals surface area contributed by atoms with Gasteiger partial charge in [-0.15, -0.1) is 0 Å². The van der Waals surface area contributed by atoms with Crippen LogP contribution >= 0.6 is 0 Å². The molecule has 2 aromatic rings. The Bertz CT molecular complexity index is 492. The van der Waals surface area contributed by atoms with Crippen LogP contribution in [0.2, 0.25) is 0 Å². The second-order valence-electron chi connectivity index (χ2n) is 4.03. The molecule has 0 aliphatic rings. The number of aryl methyl sites for hydroxylation is 1. The van der Waals surface area contributed by atoms with E-state index in [0.717, 1.165) is 17.0 Å². The van der Waals surface area contributed by atoms with E-state index in [1.54, 1.807) is 19.4 Å². The molecule has 0 radical (unpaired) electrons. The van der Waals surface area contributed by atoms with Crippen molar-refractivity contribution in [2.75, 3.05) is 0 Å². The standard InChI is InChI=1S/C13H16N2O2/c1-10(16)11-4-3-5-13(6-11)17-8-12-7-14-9-15(12)2/h3-7,9-10,16H,8H2,1-2H3/t10-/m1/s1. The summed E-state index contributed by atoms with van der Waals surface area (Å²) >= 11 is 0. The Balaban J connectivity index is 2.04. The number of imidazole rings is 1. The van der Waals surface area contributed by atoms with Gasteiger partial charge in [0.05, 0.1) is 24.3 Å². The van der Waals surface area contributed by atoms with Gasteiger partial charge in [-0.05, 0) is 24.6 Å². The second kappa shape index (κ2) is 5.01. The van der Waals surface area contributed by atoms with Gasteiger partial charge in [0.1, 0.15) is 12.4 Å². The third kappa shape index (κ3) is 2.85. The summed E-state index contributed by atoms with van der Waals surface area (Å²) in [7, 11) is 1.93. The topological polar surface area (TPSA) is 47.3 Å². The van der Waals surface area contributed by atoms with Crippen LogP contribution in [0.5, 0.6) is 5.75 Å². The maximum absolute atomic E-state index is 9.47. The molecule has 0 aliphatic heterocycles. The molecule has 1 atom stereocenters. The summed E-state index contributed by atoms with van der Waals surface area (Å²) in [6.45, 7) is 2.21. The molecule has 4 heteroatoms. The second-order valence-corrected chi connectivity index (χ2v) is 4.03. The van der Waals surface area contributed by atoms with E-state index in [2.05, 4.69) is 4.98 Å². The smallest absolute Gasteiger partial charge is 0.130 e. The van der Waals surface area contributed by atoms with E-state index in [9.17, 15) is 5.11 Å². The Morgan fingerprint density at radius 1 is 1.47 bits per heavy atom. The van der Waals surface area contributed by atoms with Crippen LogP contribution in [0.15, 0.2) is 36.8 Å². The van der Waals surface area contributed by atoms with Gasteiger partial charge >= 0.3 is 0 Å². The molecule has 4 nitrogen and oxygen atoms in total. The van der Waals surface area contributed by atoms with Crippen molar-refractivity contribution in [3.05, 3.63) is 48.0 Å². The SMILES string of the molecule is C[C@@H](O)c1cccc(OCc2cncn2C)c1. The van der Waals surface area contributed by atoms with Gasteiger partial charge in [-0.3, -0.25) is 0 Å². The van der Waals surface area contributed by atoms with Crippen LogP contribution in [-0.4, -0.2) is 14.7 Å². The highest BCUT2D eigenvalue weighted by molar-refractivity contribution is 5.29. The van der Waals surface area contributed by atoms with Crippen molar-refractivity contribution in [2.45, 2.75) is 19.6 Å². The van der Waals surface area contributed by atoms with Crippen LogP contribution in [0.1, 0.15) is 24.3 Å². The van der Waals surface area contributed by atoms with Crippen molar-refractivity contribution >= 4 is 0 Å². The van der Waals surface area contributed by atoms with Crippen molar-refractivity contribution in [2.24, 2.45) is 7.05 Å². The highest BCUT2D eigenvalue weighted by Gasteiger charge is 2.03. The highest BCUT2D eigenvalue weighted by Crippen LogP contribution is 2.19. The Labute approximate surface area is 100 Å². The summed E-state index contributed by atoms with van der Waals surface area (Å²) in [4.78, 5) is 4.02. The molecule has 0 saturated heterocycles. The van der Waals surface area contributed by atoms with E-state index in [1.807, 2.05) is 35.9 Å². The van der Waals surface area contributed by atoms with E-state index in [4.69, 9.17) is 4.74 Å². The molecular formula is C13H16N2O2. The van der Waals surface area contributed by atoms with Crippen LogP contribution in [0.3, 0.4) is 0 Å². The number of aromatic nitrogens is 2. The molecule has 1 aromatic heterocycles. The van der Waals surface area contributed by atoms with Crippen LogP contribution in [0.25, 0.3) is 0 Å². The Morgan fingerprint density at radius 3 is 2.94 bits per heavy atom. The molecule has 1 aromatic carbocycles. The van der Waals surface area contributed by atoms with Crippen LogP contribution in [0.4, 0.5) is 0 Å². The number of aliphatic hydroxyl groups excluding tert-OH is 1. The molecule has 90 valence electrons. The van der Waals surface area contributed by atoms with E-state index in [-0.39, 0.29) is 0 Å². The van der Waals surface area contributed by atoms with Crippen LogP contribution in [-0.2, 0) is 13.7 Å². The van der Waals surface area contributed by atoms with Gasteiger partial charge in [-0.1, -0.05) is 12.1 Å². The molecule has 1 heterocycles. The fourth-order valence-corrected chi connectivity index (χ4v) is 1.55. The van der Waals surface area contributed by atoms with Gasteiger partial charge in [0.25, 0.3) is 0 Å². The third-order valence-corrected chi connectivity index (χ3v) is 2.64. The minimum atomic E-state index is -0.477. The van der Waals surface area contributed by atoms with Crippen molar-refractivity contribution < 1.29 is 9.84 Å². The summed E-state index contributed by atoms with van der Waals surface area (Å²) in [6.07, 6.45) is 3.04. The maximum atomic E-state index is 9.47. The molecule has 0 aliphatic carbocycles. The Hall–Kier alpha value is -1.81. The number of hydrogen-bond donors (Lipinski definition) is 1. The third-order valence-electron chi connectivity index (χ3n) is 2.64. The van der Waals surface area contributed by atoms with Crippen molar-refractivity contribution in [3.63, 3.8) is 0 Å². The van der Waals surface area contributed by atoms with Crippen LogP contribution < -0.4 is 4.74 Å². The van der Waals surface area contributed by atoms with Gasteiger partial charge in [0.2, 0.25) is 0 Å². The molecule has 0 unspecified atom stereocenters. The summed E-state index contributed by atoms with van der Waals surface area (Å²) in [5.74, 6) is 0.754. The Morgan fingerprint density at radius 2 is 2.29 bits per heavy atom. The molecule has 1 N–H and O–H groups in total. The van der Waals surface area contributed by atoms with Crippen molar-refractivity contribution in [1.29, 1.82) is 0 Å². The summed E-state index contributed by atoms with van der Waals surface area (Å²) in [5.41, 5.74) is 1.86. The minimum Gasteiger partial charge on any atom is -0.487 e. The van der Waals surface area contributed by atoms with Gasteiger partial charge in [0.15, 0.2) is 0 Å². The van der Waals surface area contributed by atoms with Gasteiger partial charge < -0.3 is 14.4 Å². The summed E-state index contributed by atoms with van der Waals surface area (Å²) < 4.78 is 7.57. The van der Waals surface area contributed by atoms with E-state index in [0.29, 0.717) is 6.61 Å². The average Bonchev–Trinajstić information content (AvgIpc) is 2.72. The maximum Gasteiger partial charge on any atom is 0.130 e. The van der Waals surface area contributed by atoms with Crippen molar-refractivity contribution in [1.82, 2.24) is 9.55 Å². The zero-order valence-electron chi connectivity index (χ0n) is 10.00. The highest BCUT2D eigenvalue weighted by atomic mass is 16.5. The van der Waals surface area contributed by atoms with Crippen molar-refractivity contribution in [3.8, 4) is 5.75 Å². The lowest BCUT2D eigenvalue weighted by Crippen LogP contribution is -2.01. The van der Waals surface area contributed by atoms with E-state index >= 15 is 0 Å². The first-order valence-electron chi connectivity index (χ1n) is 5.53. The molecule has 0 saturated carbocycles. The number of benzene rings is 1. The molecule has 17 heavy (non-hydrogen) atoms. The number of nitrogens with zero attached hydrogens (tertiary/aromatic N) is 2. The van der Waals surface area contributed by atoms with E-state index < -0.39 is 6.10 Å². The first-order valence-corrected chi connectivity index (χ1v) is 5.53.